The zero-order chi connectivity index (χ0) is 7.82. The number of aliphatic hydroxyl groups is 1. The quantitative estimate of drug-likeness (QED) is 0.321. The second-order valence-corrected chi connectivity index (χ2v) is 1.90. The Morgan fingerprint density at radius 3 is 3.00 bits per heavy atom. The van der Waals surface area contributed by atoms with Crippen molar-refractivity contribution >= 4 is 0 Å². The Labute approximate surface area is 61.3 Å². The van der Waals surface area contributed by atoms with Gasteiger partial charge in [-0.15, -0.1) is 6.42 Å². The highest BCUT2D eigenvalue weighted by molar-refractivity contribution is 4.82. The monoisotopic (exact) mass is 143 g/mol. The molecule has 0 radical (unpaired) electrons. The van der Waals surface area contributed by atoms with Crippen molar-refractivity contribution in [3.63, 3.8) is 0 Å². The van der Waals surface area contributed by atoms with Crippen molar-refractivity contribution in [3.05, 3.63) is 0 Å². The smallest absolute Gasteiger partial charge is 0.128 e. The van der Waals surface area contributed by atoms with Gasteiger partial charge in [0.15, 0.2) is 0 Å². The highest BCUT2D eigenvalue weighted by Gasteiger charge is 1.97. The SMILES string of the molecule is C#CCONCC(O)CC. The molecule has 0 saturated heterocycles. The van der Waals surface area contributed by atoms with Crippen LogP contribution in [0.5, 0.6) is 0 Å². The highest BCUT2D eigenvalue weighted by atomic mass is 16.6. The van der Waals surface area contributed by atoms with Gasteiger partial charge in [-0.25, -0.2) is 0 Å². The Balaban J connectivity index is 2.98. The maximum atomic E-state index is 8.96. The molecular weight excluding hydrogens is 130 g/mol. The molecule has 0 fully saturated rings. The van der Waals surface area contributed by atoms with E-state index in [-0.39, 0.29) is 12.7 Å². The van der Waals surface area contributed by atoms with E-state index in [1.165, 1.54) is 0 Å². The molecule has 3 heteroatoms. The van der Waals surface area contributed by atoms with Crippen LogP contribution in [0.4, 0.5) is 0 Å². The van der Waals surface area contributed by atoms with Gasteiger partial charge in [0.2, 0.25) is 0 Å². The number of hydroxylamine groups is 1. The summed E-state index contributed by atoms with van der Waals surface area (Å²) in [4.78, 5) is 4.71. The maximum absolute atomic E-state index is 8.96. The lowest BCUT2D eigenvalue weighted by molar-refractivity contribution is 0.0317. The largest absolute Gasteiger partial charge is 0.392 e. The Kier molecular flexibility index (Phi) is 6.19. The molecule has 0 amide bonds. The number of hydrogen-bond donors (Lipinski definition) is 2. The van der Waals surface area contributed by atoms with E-state index >= 15 is 0 Å². The summed E-state index contributed by atoms with van der Waals surface area (Å²) in [7, 11) is 0. The zero-order valence-corrected chi connectivity index (χ0v) is 6.13. The molecular formula is C7H13NO2. The molecule has 0 aliphatic heterocycles. The van der Waals surface area contributed by atoms with Crippen LogP contribution in [0, 0.1) is 12.3 Å². The van der Waals surface area contributed by atoms with Crippen molar-refractivity contribution < 1.29 is 9.94 Å². The summed E-state index contributed by atoms with van der Waals surface area (Å²) in [6.07, 6.45) is 5.27. The molecule has 3 nitrogen and oxygen atoms in total. The van der Waals surface area contributed by atoms with Crippen LogP contribution in [-0.4, -0.2) is 24.4 Å². The van der Waals surface area contributed by atoms with E-state index < -0.39 is 0 Å². The van der Waals surface area contributed by atoms with Gasteiger partial charge in [-0.3, -0.25) is 4.84 Å². The van der Waals surface area contributed by atoms with Crippen molar-refractivity contribution in [3.8, 4) is 12.3 Å². The maximum Gasteiger partial charge on any atom is 0.128 e. The summed E-state index contributed by atoms with van der Waals surface area (Å²) in [5.41, 5.74) is 2.54. The lowest BCUT2D eigenvalue weighted by Crippen LogP contribution is -2.26. The van der Waals surface area contributed by atoms with Crippen LogP contribution >= 0.6 is 0 Å². The minimum absolute atomic E-state index is 0.233. The van der Waals surface area contributed by atoms with Crippen LogP contribution in [0.2, 0.25) is 0 Å². The fourth-order valence-corrected chi connectivity index (χ4v) is 0.392. The zero-order valence-electron chi connectivity index (χ0n) is 6.13. The number of terminal acetylenes is 1. The third-order valence-electron chi connectivity index (χ3n) is 1.05. The molecule has 10 heavy (non-hydrogen) atoms. The van der Waals surface area contributed by atoms with Gasteiger partial charge in [-0.1, -0.05) is 12.8 Å². The van der Waals surface area contributed by atoms with E-state index in [2.05, 4.69) is 11.4 Å². The molecule has 1 atom stereocenters. The fourth-order valence-electron chi connectivity index (χ4n) is 0.392. The third-order valence-corrected chi connectivity index (χ3v) is 1.05. The molecule has 0 saturated carbocycles. The van der Waals surface area contributed by atoms with Crippen LogP contribution in [0.25, 0.3) is 0 Å². The van der Waals surface area contributed by atoms with Gasteiger partial charge in [-0.2, -0.15) is 5.48 Å². The molecule has 2 N–H and O–H groups in total. The van der Waals surface area contributed by atoms with E-state index in [0.29, 0.717) is 13.0 Å². The van der Waals surface area contributed by atoms with Crippen LogP contribution < -0.4 is 5.48 Å². The van der Waals surface area contributed by atoms with E-state index in [1.54, 1.807) is 0 Å². The van der Waals surface area contributed by atoms with Crippen molar-refractivity contribution in [2.24, 2.45) is 0 Å². The molecule has 0 aliphatic carbocycles. The van der Waals surface area contributed by atoms with Gasteiger partial charge in [0.25, 0.3) is 0 Å². The molecule has 0 aromatic rings. The Hall–Kier alpha value is -0.560. The molecule has 58 valence electrons. The minimum Gasteiger partial charge on any atom is -0.392 e. The van der Waals surface area contributed by atoms with E-state index in [1.807, 2.05) is 6.92 Å². The summed E-state index contributed by atoms with van der Waals surface area (Å²) in [5, 5.41) is 8.96. The van der Waals surface area contributed by atoms with Crippen molar-refractivity contribution in [2.45, 2.75) is 19.4 Å². The topological polar surface area (TPSA) is 41.5 Å². The number of aliphatic hydroxyl groups excluding tert-OH is 1. The Morgan fingerprint density at radius 2 is 2.50 bits per heavy atom. The first-order chi connectivity index (χ1) is 4.81. The first kappa shape index (κ1) is 9.44. The first-order valence-corrected chi connectivity index (χ1v) is 3.27. The molecule has 1 unspecified atom stereocenters. The molecule has 0 aromatic carbocycles. The second kappa shape index (κ2) is 6.56. The summed E-state index contributed by atoms with van der Waals surface area (Å²) in [6.45, 7) is 2.56. The predicted octanol–water partition coefficient (Wildman–Crippen LogP) is -0.0883. The molecule has 0 rings (SSSR count). The van der Waals surface area contributed by atoms with Crippen LogP contribution in [0.15, 0.2) is 0 Å². The lowest BCUT2D eigenvalue weighted by Gasteiger charge is -2.07. The minimum atomic E-state index is -0.349. The highest BCUT2D eigenvalue weighted by Crippen LogP contribution is 1.85. The van der Waals surface area contributed by atoms with E-state index in [0.717, 1.165) is 0 Å². The van der Waals surface area contributed by atoms with E-state index in [9.17, 15) is 0 Å². The fraction of sp³-hybridized carbons (Fsp3) is 0.714. The van der Waals surface area contributed by atoms with Crippen molar-refractivity contribution in [1.82, 2.24) is 5.48 Å². The number of hydrogen-bond acceptors (Lipinski definition) is 3. The van der Waals surface area contributed by atoms with Crippen LogP contribution in [0.3, 0.4) is 0 Å². The lowest BCUT2D eigenvalue weighted by atomic mass is 10.3. The summed E-state index contributed by atoms with van der Waals surface area (Å²) in [5.74, 6) is 2.29. The molecule has 0 aliphatic rings. The van der Waals surface area contributed by atoms with Gasteiger partial charge in [-0.05, 0) is 6.42 Å². The number of rotatable bonds is 5. The molecule has 0 aromatic heterocycles. The summed E-state index contributed by atoms with van der Waals surface area (Å²) >= 11 is 0. The van der Waals surface area contributed by atoms with Gasteiger partial charge in [0.1, 0.15) is 6.61 Å². The second-order valence-electron chi connectivity index (χ2n) is 1.90. The summed E-state index contributed by atoms with van der Waals surface area (Å²) < 4.78 is 0. The van der Waals surface area contributed by atoms with Crippen molar-refractivity contribution in [2.75, 3.05) is 13.2 Å². The number of nitrogens with one attached hydrogen (secondary N) is 1. The first-order valence-electron chi connectivity index (χ1n) is 3.27. The van der Waals surface area contributed by atoms with Gasteiger partial charge < -0.3 is 5.11 Å². The average molecular weight is 143 g/mol. The van der Waals surface area contributed by atoms with Crippen LogP contribution in [-0.2, 0) is 4.84 Å². The third kappa shape index (κ3) is 5.57. The Bertz CT molecular complexity index is 109. The molecule has 0 spiro atoms. The van der Waals surface area contributed by atoms with E-state index in [4.69, 9.17) is 16.4 Å². The molecule has 0 heterocycles. The van der Waals surface area contributed by atoms with Crippen LogP contribution in [0.1, 0.15) is 13.3 Å². The summed E-state index contributed by atoms with van der Waals surface area (Å²) in [6, 6.07) is 0. The predicted molar refractivity (Wildman–Crippen MR) is 39.1 cm³/mol. The normalized spacial score (nSPS) is 12.5. The molecule has 0 bridgehead atoms. The van der Waals surface area contributed by atoms with Gasteiger partial charge >= 0.3 is 0 Å². The van der Waals surface area contributed by atoms with Gasteiger partial charge in [0.05, 0.1) is 6.10 Å². The van der Waals surface area contributed by atoms with Crippen molar-refractivity contribution in [1.29, 1.82) is 0 Å². The average Bonchev–Trinajstić information content (AvgIpc) is 1.98. The Morgan fingerprint density at radius 1 is 1.80 bits per heavy atom. The van der Waals surface area contributed by atoms with Gasteiger partial charge in [0, 0.05) is 6.54 Å². The standard InChI is InChI=1S/C7H13NO2/c1-3-5-10-8-6-7(9)4-2/h1,7-9H,4-6H2,2H3.